The first-order chi connectivity index (χ1) is 60.8. The third-order valence-electron chi connectivity index (χ3n) is 22.4. The van der Waals surface area contributed by atoms with Crippen LogP contribution in [-0.2, 0) is 59.0 Å². The molecule has 7 aromatic rings. The normalized spacial score (nSPS) is 25.9. The van der Waals surface area contributed by atoms with Crippen LogP contribution in [0.25, 0.3) is 11.1 Å². The Kier molecular flexibility index (Phi) is 28.7. The van der Waals surface area contributed by atoms with Gasteiger partial charge in [0.2, 0.25) is 59.7 Å². The van der Waals surface area contributed by atoms with Crippen molar-refractivity contribution in [2.24, 2.45) is 5.92 Å². The molecule has 0 aliphatic carbocycles. The van der Waals surface area contributed by atoms with Crippen molar-refractivity contribution in [3.63, 3.8) is 0 Å². The number of benzene rings is 7. The number of amides is 8. The first-order valence-electron chi connectivity index (χ1n) is 41.2. The number of hydrogen-bond acceptors (Lipinski definition) is 29. The molecule has 8 aliphatic heterocycles. The maximum atomic E-state index is 16.8. The van der Waals surface area contributed by atoms with Crippen LogP contribution in [0.4, 0.5) is 4.79 Å². The van der Waals surface area contributed by atoms with Gasteiger partial charge < -0.3 is 141 Å². The Morgan fingerprint density at radius 1 is 0.547 bits per heavy atom. The van der Waals surface area contributed by atoms with Crippen molar-refractivity contribution in [2.75, 3.05) is 20.3 Å². The molecule has 7 aromatic carbocycles. The van der Waals surface area contributed by atoms with Crippen molar-refractivity contribution in [1.82, 2.24) is 42.1 Å². The van der Waals surface area contributed by atoms with E-state index in [4.69, 9.17) is 61.1 Å². The number of halogens is 2. The number of hydrogen-bond donors (Lipinski definition) is 20. The first-order valence-corrected chi connectivity index (χ1v) is 41.9. The zero-order valence-corrected chi connectivity index (χ0v) is 71.2. The smallest absolute Gasteiger partial charge is 0.410 e. The monoisotopic (exact) mass is 1820 g/mol. The molecule has 17 bridgehead atoms. The molecule has 0 spiro atoms. The summed E-state index contributed by atoms with van der Waals surface area (Å²) in [6.07, 6.45) is -15.9. The fourth-order valence-electron chi connectivity index (χ4n) is 15.7. The van der Waals surface area contributed by atoms with Crippen LogP contribution in [0.3, 0.4) is 0 Å². The van der Waals surface area contributed by atoms with Crippen molar-refractivity contribution < 1.29 is 147 Å². The zero-order valence-electron chi connectivity index (χ0n) is 69.7. The van der Waals surface area contributed by atoms with Gasteiger partial charge in [0, 0.05) is 54.3 Å². The number of carboxylic acid groups (broad SMARTS) is 1. The number of aromatic hydroxyl groups is 4. The van der Waals surface area contributed by atoms with Gasteiger partial charge >= 0.3 is 12.1 Å². The number of aliphatic carboxylic acids is 1. The van der Waals surface area contributed by atoms with E-state index in [0.29, 0.717) is 18.8 Å². The van der Waals surface area contributed by atoms with E-state index in [2.05, 4.69) is 51.1 Å². The molecular weight excluding hydrogens is 1720 g/mol. The van der Waals surface area contributed by atoms with Crippen LogP contribution in [0.15, 0.2) is 115 Å². The number of fused-ring (bicyclic) bond motifs is 14. The third-order valence-corrected chi connectivity index (χ3v) is 23.1. The number of carboxylic acids is 1. The van der Waals surface area contributed by atoms with E-state index in [0.717, 1.165) is 116 Å². The lowest BCUT2D eigenvalue weighted by atomic mass is 9.89. The lowest BCUT2D eigenvalue weighted by Crippen LogP contribution is -2.65. The molecule has 20 N–H and O–H groups in total. The Bertz CT molecular complexity index is 5390. The highest BCUT2D eigenvalue weighted by Gasteiger charge is 2.50. The van der Waals surface area contributed by atoms with Gasteiger partial charge in [-0.05, 0) is 134 Å². The Morgan fingerprint density at radius 2 is 1.15 bits per heavy atom. The van der Waals surface area contributed by atoms with Gasteiger partial charge in [-0.1, -0.05) is 106 Å². The quantitative estimate of drug-likeness (QED) is 0.0455. The number of unbranched alkanes of at least 4 members (excludes halogenated alkanes) is 5. The Balaban J connectivity index is 1.04. The summed E-state index contributed by atoms with van der Waals surface area (Å²) in [5.74, 6) is -17.5. The molecular formula is C88H98Cl2N8O30. The lowest BCUT2D eigenvalue weighted by molar-refractivity contribution is -0.277. The molecule has 0 saturated carbocycles. The highest BCUT2D eigenvalue weighted by molar-refractivity contribution is 6.33. The van der Waals surface area contributed by atoms with Gasteiger partial charge in [0.15, 0.2) is 29.0 Å². The topological polar surface area (TPSA) is 578 Å². The number of aliphatic hydroxyl groups is 8. The predicted octanol–water partition coefficient (Wildman–Crippen LogP) is 5.74. The molecule has 0 radical (unpaired) electrons. The molecule has 18 atom stereocenters. The van der Waals surface area contributed by atoms with Crippen LogP contribution < -0.4 is 60.9 Å². The molecule has 8 amide bonds. The fourth-order valence-corrected chi connectivity index (χ4v) is 16.2. The highest BCUT2D eigenvalue weighted by Crippen LogP contribution is 2.51. The van der Waals surface area contributed by atoms with Gasteiger partial charge in [-0.3, -0.25) is 38.5 Å². The standard InChI is InChI=1S/C88H98Cl2N8O30/c1-37(2)13-11-9-7-8-10-12-14-61(105)92-69-74(109)72(107)59(35-99)125-85(69)127-77-57-29-42-30-58(77)123-54-24-19-41(27-49(54)89)71(106)68-82(116)96-67(84(118)119)47-31-43(101)32-56(124-86-76(111)75(110)73(108)60(36-100)126-86)62(47)46-26-39(17-22-51(46)102)64(79(113)97-68)93-80(114)65(42)94-81(115)66-48-33-45(34-53(104)63(48)90)122-55-28-40(18-23-52(55)103)70(98(6)87(120)128-88(3,4)5)83(117)91-50(78(112)95-66)25-38-15-20-44(121-57)21-16-38/h15-24,26-34,37,50,59-60,64-76,85-86,99-104,106-111H,7-14,25,35-36H2,1-6H3,(H,91,117)(H,92,105)(H,93,114)(H,94,115)(H,95,112)(H,96,116)(H,97,113)(H,118,119)/t50-,59-,60-,64-,65-,66+,67-,68+,69-,70-,71-,72-,73-,74-,75+,76+,85+,86+/m1/s1. The molecule has 684 valence electrons. The maximum absolute atomic E-state index is 16.8. The van der Waals surface area contributed by atoms with Crippen LogP contribution in [-0.4, -0.2) is 224 Å². The zero-order chi connectivity index (χ0) is 92.3. The highest BCUT2D eigenvalue weighted by atomic mass is 35.5. The van der Waals surface area contributed by atoms with E-state index < -0.39 is 295 Å². The Hall–Kier alpha value is -12.1. The predicted molar refractivity (Wildman–Crippen MR) is 448 cm³/mol. The van der Waals surface area contributed by atoms with Crippen molar-refractivity contribution in [1.29, 1.82) is 0 Å². The van der Waals surface area contributed by atoms with E-state index in [9.17, 15) is 80.8 Å². The summed E-state index contributed by atoms with van der Waals surface area (Å²) in [6, 6.07) is 3.71. The van der Waals surface area contributed by atoms with E-state index in [1.165, 1.54) is 43.4 Å². The van der Waals surface area contributed by atoms with Crippen molar-refractivity contribution in [3.8, 4) is 80.1 Å². The minimum absolute atomic E-state index is 0.0433. The molecule has 128 heavy (non-hydrogen) atoms. The van der Waals surface area contributed by atoms with Gasteiger partial charge in [-0.2, -0.15) is 0 Å². The molecule has 0 unspecified atom stereocenters. The van der Waals surface area contributed by atoms with E-state index in [1.54, 1.807) is 20.8 Å². The van der Waals surface area contributed by atoms with Crippen molar-refractivity contribution in [3.05, 3.63) is 164 Å². The SMILES string of the molecule is CC(C)CCCCCCCCC(=O)N[C@H]1[C@H](Oc2c3cc4cc2Oc2ccc(cc2Cl)[C@@H](O)[C@@H]2NC(=O)[C@H](NC(=O)[C@@H]4NC(=O)[C@H]4NC(=O)[C@@H](Cc5ccc(cc5)O3)NC(=O)[C@H](N(C)C(=O)OC(C)(C)C)c3ccc(O)c(c3)Oc3cc(O)c(Cl)c4c3)c3ccc(O)c(c3)-c3c(O[C@H]4O[C@H](CO)[C@@H](O)[C@H](O)[C@@H]4O)cc(O)cc3[C@H](C(=O)O)NC2=O)O[C@H](CO)[C@@H](O)[C@@H]1O. The number of likely N-dealkylation sites (N-methyl/N-ethyl adjacent to an activating group) is 1. The third kappa shape index (κ3) is 20.7. The van der Waals surface area contributed by atoms with Gasteiger partial charge in [0.1, 0.15) is 137 Å². The fraction of sp³-hybridized carbons (Fsp3) is 0.420. The molecule has 8 aliphatic rings. The first kappa shape index (κ1) is 93.6. The van der Waals surface area contributed by atoms with Gasteiger partial charge in [-0.25, -0.2) is 9.59 Å². The molecule has 2 fully saturated rings. The largest absolute Gasteiger partial charge is 0.508 e. The molecule has 2 saturated heterocycles. The number of carbonyl (C=O) groups is 9. The number of nitrogens with one attached hydrogen (secondary N) is 7. The van der Waals surface area contributed by atoms with Crippen LogP contribution in [0.2, 0.25) is 10.0 Å². The average Bonchev–Trinajstić information content (AvgIpc) is 0.758. The van der Waals surface area contributed by atoms with Crippen LogP contribution >= 0.6 is 23.2 Å². The maximum Gasteiger partial charge on any atom is 0.410 e. The Labute approximate surface area is 740 Å². The molecule has 15 rings (SSSR count). The second-order valence-corrected chi connectivity index (χ2v) is 34.1. The number of ether oxygens (including phenoxy) is 8. The summed E-state index contributed by atoms with van der Waals surface area (Å²) in [4.78, 5) is 139. The van der Waals surface area contributed by atoms with E-state index in [-0.39, 0.29) is 28.9 Å². The van der Waals surface area contributed by atoms with Crippen LogP contribution in [0.1, 0.15) is 161 Å². The number of phenolic OH excluding ortho intramolecular Hbond substituents is 4. The summed E-state index contributed by atoms with van der Waals surface area (Å²) in [7, 11) is 1.22. The lowest BCUT2D eigenvalue weighted by Gasteiger charge is -2.42. The van der Waals surface area contributed by atoms with Crippen molar-refractivity contribution in [2.45, 2.75) is 208 Å². The second-order valence-electron chi connectivity index (χ2n) is 33.3. The van der Waals surface area contributed by atoms with E-state index >= 15 is 28.8 Å². The summed E-state index contributed by atoms with van der Waals surface area (Å²) in [6.45, 7) is 7.01. The summed E-state index contributed by atoms with van der Waals surface area (Å²) >= 11 is 14.3. The number of aliphatic hydroxyl groups excluding tert-OH is 8. The molecule has 0 aromatic heterocycles. The average molecular weight is 1820 g/mol. The van der Waals surface area contributed by atoms with Crippen LogP contribution in [0, 0.1) is 5.92 Å². The number of carbonyl (C=O) groups excluding carboxylic acids is 8. The van der Waals surface area contributed by atoms with Gasteiger partial charge in [-0.15, -0.1) is 0 Å². The van der Waals surface area contributed by atoms with E-state index in [1.807, 2.05) is 0 Å². The van der Waals surface area contributed by atoms with Crippen molar-refractivity contribution >= 4 is 76.6 Å². The Morgan fingerprint density at radius 3 is 1.82 bits per heavy atom. The van der Waals surface area contributed by atoms with Gasteiger partial charge in [0.25, 0.3) is 0 Å². The molecule has 8 heterocycles. The summed E-state index contributed by atoms with van der Waals surface area (Å²) in [5, 5.41) is 166. The summed E-state index contributed by atoms with van der Waals surface area (Å²) < 4.78 is 50.3. The second kappa shape index (κ2) is 39.3. The number of phenols is 4. The minimum atomic E-state index is -2.47. The molecule has 38 nitrogen and oxygen atoms in total. The number of rotatable bonds is 18. The molecule has 40 heteroatoms. The minimum Gasteiger partial charge on any atom is -0.508 e. The van der Waals surface area contributed by atoms with Crippen LogP contribution in [0.5, 0.6) is 69.0 Å². The summed E-state index contributed by atoms with van der Waals surface area (Å²) in [5.41, 5.74) is -4.71. The van der Waals surface area contributed by atoms with Gasteiger partial charge in [0.05, 0.1) is 23.3 Å². The number of nitrogens with zero attached hydrogens (tertiary/aromatic N) is 1.